The van der Waals surface area contributed by atoms with E-state index in [2.05, 4.69) is 9.80 Å². The summed E-state index contributed by atoms with van der Waals surface area (Å²) < 4.78 is 11.0. The predicted octanol–water partition coefficient (Wildman–Crippen LogP) is 0.678. The monoisotopic (exact) mass is 266 g/mol. The zero-order chi connectivity index (χ0) is 13.1. The molecule has 19 heavy (non-hydrogen) atoms. The van der Waals surface area contributed by atoms with Gasteiger partial charge in [-0.3, -0.25) is 9.80 Å². The normalized spacial score (nSPS) is 26.1. The minimum absolute atomic E-state index is 0.0175. The molecule has 0 spiro atoms. The molecule has 3 rings (SSSR count). The first kappa shape index (κ1) is 13.1. The van der Waals surface area contributed by atoms with Gasteiger partial charge in [-0.25, -0.2) is 0 Å². The van der Waals surface area contributed by atoms with Crippen molar-refractivity contribution in [2.24, 2.45) is 0 Å². The van der Waals surface area contributed by atoms with Crippen molar-refractivity contribution in [2.75, 3.05) is 39.4 Å². The zero-order valence-electron chi connectivity index (χ0n) is 11.3. The van der Waals surface area contributed by atoms with Crippen LogP contribution in [0.1, 0.15) is 17.9 Å². The fourth-order valence-electron chi connectivity index (χ4n) is 3.01. The van der Waals surface area contributed by atoms with Crippen LogP contribution in [-0.4, -0.2) is 60.3 Å². The van der Waals surface area contributed by atoms with Gasteiger partial charge in [0.1, 0.15) is 18.1 Å². The van der Waals surface area contributed by atoms with Gasteiger partial charge in [0.25, 0.3) is 0 Å². The van der Waals surface area contributed by atoms with Gasteiger partial charge in [0.2, 0.25) is 0 Å². The molecule has 0 saturated carbocycles. The smallest absolute Gasteiger partial charge is 0.129 e. The molecular weight excluding hydrogens is 244 g/mol. The van der Waals surface area contributed by atoms with Crippen LogP contribution >= 0.6 is 0 Å². The minimum atomic E-state index is -0.0175. The van der Waals surface area contributed by atoms with Crippen LogP contribution in [0.2, 0.25) is 0 Å². The molecule has 2 saturated heterocycles. The van der Waals surface area contributed by atoms with Gasteiger partial charge in [0, 0.05) is 32.2 Å². The quantitative estimate of drug-likeness (QED) is 0.868. The summed E-state index contributed by atoms with van der Waals surface area (Å²) in [5.74, 6) is 1.60. The average molecular weight is 266 g/mol. The molecule has 3 heterocycles. The van der Waals surface area contributed by atoms with Gasteiger partial charge >= 0.3 is 0 Å². The molecule has 0 aliphatic carbocycles. The Hall–Kier alpha value is -0.880. The van der Waals surface area contributed by atoms with E-state index in [0.29, 0.717) is 11.8 Å². The number of nitrogens with zero attached hydrogens (tertiary/aromatic N) is 2. The highest BCUT2D eigenvalue weighted by atomic mass is 16.5. The first-order chi connectivity index (χ1) is 9.35. The van der Waals surface area contributed by atoms with E-state index in [-0.39, 0.29) is 6.61 Å². The van der Waals surface area contributed by atoms with Crippen molar-refractivity contribution in [1.29, 1.82) is 0 Å². The summed E-state index contributed by atoms with van der Waals surface area (Å²) in [6, 6.07) is 4.48. The molecule has 2 aliphatic rings. The number of likely N-dealkylation sites (tertiary alicyclic amines) is 1. The van der Waals surface area contributed by atoms with Gasteiger partial charge < -0.3 is 14.3 Å². The first-order valence-corrected chi connectivity index (χ1v) is 7.08. The lowest BCUT2D eigenvalue weighted by Crippen LogP contribution is -2.44. The second-order valence-corrected chi connectivity index (χ2v) is 5.35. The number of furan rings is 1. The Balaban J connectivity index is 1.51. The maximum atomic E-state index is 9.00. The summed E-state index contributed by atoms with van der Waals surface area (Å²) in [5, 5.41) is 9.00. The molecule has 5 nitrogen and oxygen atoms in total. The maximum Gasteiger partial charge on any atom is 0.129 e. The number of rotatable bonds is 4. The van der Waals surface area contributed by atoms with E-state index in [9.17, 15) is 0 Å². The van der Waals surface area contributed by atoms with Crippen molar-refractivity contribution in [3.8, 4) is 0 Å². The molecule has 1 atom stereocenters. The van der Waals surface area contributed by atoms with Crippen LogP contribution in [0.3, 0.4) is 0 Å². The third-order valence-electron chi connectivity index (χ3n) is 4.06. The molecule has 1 N–H and O–H groups in total. The van der Waals surface area contributed by atoms with Crippen LogP contribution in [0.5, 0.6) is 0 Å². The first-order valence-electron chi connectivity index (χ1n) is 7.08. The molecule has 1 aromatic rings. The Bertz CT molecular complexity index is 401. The summed E-state index contributed by atoms with van der Waals surface area (Å²) in [7, 11) is 0. The van der Waals surface area contributed by atoms with Gasteiger partial charge in [-0.1, -0.05) is 0 Å². The fraction of sp³-hybridized carbons (Fsp3) is 0.714. The molecule has 2 aliphatic heterocycles. The number of aliphatic hydroxyl groups excluding tert-OH is 1. The second kappa shape index (κ2) is 6.05. The van der Waals surface area contributed by atoms with E-state index in [0.717, 1.165) is 51.7 Å². The van der Waals surface area contributed by atoms with E-state index in [1.54, 1.807) is 0 Å². The molecule has 1 aromatic heterocycles. The summed E-state index contributed by atoms with van der Waals surface area (Å²) >= 11 is 0. The molecular formula is C14H22N2O3. The van der Waals surface area contributed by atoms with E-state index in [4.69, 9.17) is 14.3 Å². The number of hydrogen-bond acceptors (Lipinski definition) is 5. The van der Waals surface area contributed by atoms with Crippen molar-refractivity contribution < 1.29 is 14.3 Å². The largest absolute Gasteiger partial charge is 0.462 e. The topological polar surface area (TPSA) is 49.1 Å². The maximum absolute atomic E-state index is 9.00. The molecule has 0 bridgehead atoms. The van der Waals surface area contributed by atoms with Gasteiger partial charge in [-0.15, -0.1) is 0 Å². The van der Waals surface area contributed by atoms with Crippen LogP contribution in [0, 0.1) is 0 Å². The SMILES string of the molecule is OCc1ccc(CN2CCC(N3CCOCC3)C2)o1. The Kier molecular flexibility index (Phi) is 4.18. The minimum Gasteiger partial charge on any atom is -0.462 e. The number of hydrogen-bond donors (Lipinski definition) is 1. The molecule has 5 heteroatoms. The van der Waals surface area contributed by atoms with Crippen LogP contribution in [0.25, 0.3) is 0 Å². The third kappa shape index (κ3) is 3.17. The Morgan fingerprint density at radius 2 is 1.95 bits per heavy atom. The van der Waals surface area contributed by atoms with Crippen molar-refractivity contribution >= 4 is 0 Å². The highest BCUT2D eigenvalue weighted by Crippen LogP contribution is 2.20. The summed E-state index contributed by atoms with van der Waals surface area (Å²) in [4.78, 5) is 4.98. The number of aliphatic hydroxyl groups is 1. The van der Waals surface area contributed by atoms with E-state index >= 15 is 0 Å². The zero-order valence-corrected chi connectivity index (χ0v) is 11.3. The molecule has 1 unspecified atom stereocenters. The molecule has 0 aromatic carbocycles. The highest BCUT2D eigenvalue weighted by molar-refractivity contribution is 5.06. The van der Waals surface area contributed by atoms with Gasteiger partial charge in [0.15, 0.2) is 0 Å². The molecule has 106 valence electrons. The van der Waals surface area contributed by atoms with Crippen LogP contribution < -0.4 is 0 Å². The number of morpholine rings is 1. The lowest BCUT2D eigenvalue weighted by molar-refractivity contribution is 0.0182. The second-order valence-electron chi connectivity index (χ2n) is 5.35. The fourth-order valence-corrected chi connectivity index (χ4v) is 3.01. The van der Waals surface area contributed by atoms with E-state index in [1.807, 2.05) is 12.1 Å². The van der Waals surface area contributed by atoms with Crippen molar-refractivity contribution in [3.05, 3.63) is 23.7 Å². The van der Waals surface area contributed by atoms with Crippen molar-refractivity contribution in [2.45, 2.75) is 25.6 Å². The summed E-state index contributed by atoms with van der Waals surface area (Å²) in [6.45, 7) is 6.93. The molecule has 2 fully saturated rings. The van der Waals surface area contributed by atoms with Gasteiger partial charge in [-0.05, 0) is 18.6 Å². The molecule has 0 radical (unpaired) electrons. The predicted molar refractivity (Wildman–Crippen MR) is 70.7 cm³/mol. The Morgan fingerprint density at radius 1 is 1.16 bits per heavy atom. The van der Waals surface area contributed by atoms with E-state index < -0.39 is 0 Å². The highest BCUT2D eigenvalue weighted by Gasteiger charge is 2.28. The summed E-state index contributed by atoms with van der Waals surface area (Å²) in [5.41, 5.74) is 0. The van der Waals surface area contributed by atoms with Crippen LogP contribution in [0.4, 0.5) is 0 Å². The van der Waals surface area contributed by atoms with Gasteiger partial charge in [0.05, 0.1) is 19.8 Å². The van der Waals surface area contributed by atoms with Crippen LogP contribution in [0.15, 0.2) is 16.5 Å². The average Bonchev–Trinajstić information content (AvgIpc) is 3.09. The Labute approximate surface area is 113 Å². The summed E-state index contributed by atoms with van der Waals surface area (Å²) in [6.07, 6.45) is 1.23. The van der Waals surface area contributed by atoms with Crippen LogP contribution in [-0.2, 0) is 17.9 Å². The lowest BCUT2D eigenvalue weighted by Gasteiger charge is -2.32. The third-order valence-corrected chi connectivity index (χ3v) is 4.06. The van der Waals surface area contributed by atoms with Crippen molar-refractivity contribution in [3.63, 3.8) is 0 Å². The lowest BCUT2D eigenvalue weighted by atomic mass is 10.2. The van der Waals surface area contributed by atoms with Crippen molar-refractivity contribution in [1.82, 2.24) is 9.80 Å². The van der Waals surface area contributed by atoms with Gasteiger partial charge in [-0.2, -0.15) is 0 Å². The van der Waals surface area contributed by atoms with E-state index in [1.165, 1.54) is 6.42 Å². The Morgan fingerprint density at radius 3 is 2.68 bits per heavy atom. The standard InChI is InChI=1S/C14H22N2O3/c17-11-14-2-1-13(19-14)10-15-4-3-12(9-15)16-5-7-18-8-6-16/h1-2,12,17H,3-11H2. The molecule has 0 amide bonds. The number of ether oxygens (including phenoxy) is 1.